The Labute approximate surface area is 185 Å². The van der Waals surface area contributed by atoms with Crippen molar-refractivity contribution < 1.29 is 8.42 Å². The molecule has 0 bridgehead atoms. The maximum atomic E-state index is 13.2. The summed E-state index contributed by atoms with van der Waals surface area (Å²) in [6.45, 7) is 9.43. The fourth-order valence-electron chi connectivity index (χ4n) is 4.59. The van der Waals surface area contributed by atoms with E-state index in [2.05, 4.69) is 30.3 Å². The topological polar surface area (TPSA) is 64.8 Å². The molecular weight excluding hydrogens is 406 g/mol. The van der Waals surface area contributed by atoms with E-state index in [9.17, 15) is 8.42 Å². The monoisotopic (exact) mass is 439 g/mol. The second kappa shape index (κ2) is 8.38. The number of hydrogen-bond donors (Lipinski definition) is 0. The minimum absolute atomic E-state index is 0.106. The molecule has 1 aliphatic carbocycles. The summed E-state index contributed by atoms with van der Waals surface area (Å²) in [4.78, 5) is 9.62. The molecule has 0 N–H and O–H groups in total. The number of imidazole rings is 1. The third-order valence-electron chi connectivity index (χ3n) is 6.14. The van der Waals surface area contributed by atoms with Gasteiger partial charge in [0.1, 0.15) is 5.82 Å². The number of pyridine rings is 1. The molecule has 0 aliphatic heterocycles. The molecule has 1 saturated carbocycles. The van der Waals surface area contributed by atoms with Gasteiger partial charge in [0.05, 0.1) is 20.8 Å². The van der Waals surface area contributed by atoms with Gasteiger partial charge in [-0.15, -0.1) is 0 Å². The summed E-state index contributed by atoms with van der Waals surface area (Å²) in [6.07, 6.45) is 8.89. The van der Waals surface area contributed by atoms with Gasteiger partial charge < -0.3 is 4.57 Å². The maximum absolute atomic E-state index is 13.2. The maximum Gasteiger partial charge on any atom is 0.206 e. The first-order valence-corrected chi connectivity index (χ1v) is 12.8. The number of aryl methyl sites for hydroxylation is 1. The first-order chi connectivity index (χ1) is 14.6. The zero-order chi connectivity index (χ0) is 22.2. The van der Waals surface area contributed by atoms with Crippen LogP contribution in [0.5, 0.6) is 0 Å². The van der Waals surface area contributed by atoms with E-state index in [0.29, 0.717) is 11.6 Å². The van der Waals surface area contributed by atoms with E-state index in [4.69, 9.17) is 4.98 Å². The summed E-state index contributed by atoms with van der Waals surface area (Å²) in [7, 11) is -3.61. The van der Waals surface area contributed by atoms with Crippen LogP contribution in [0.25, 0.3) is 11.0 Å². The molecule has 1 aliphatic rings. The highest BCUT2D eigenvalue weighted by molar-refractivity contribution is 7.91. The van der Waals surface area contributed by atoms with E-state index in [0.717, 1.165) is 29.8 Å². The Hall–Kier alpha value is -2.21. The Kier molecular flexibility index (Phi) is 5.95. The zero-order valence-corrected chi connectivity index (χ0v) is 19.9. The molecule has 0 atom stereocenters. The van der Waals surface area contributed by atoms with E-state index in [1.54, 1.807) is 37.4 Å². The summed E-state index contributed by atoms with van der Waals surface area (Å²) >= 11 is 0. The Morgan fingerprint density at radius 2 is 1.74 bits per heavy atom. The van der Waals surface area contributed by atoms with Crippen LogP contribution in [-0.2, 0) is 22.8 Å². The van der Waals surface area contributed by atoms with Crippen LogP contribution in [-0.4, -0.2) is 23.0 Å². The second-order valence-corrected chi connectivity index (χ2v) is 12.1. The van der Waals surface area contributed by atoms with Gasteiger partial charge in [-0.05, 0) is 61.4 Å². The third-order valence-corrected chi connectivity index (χ3v) is 7.89. The number of sulfone groups is 1. The van der Waals surface area contributed by atoms with Crippen molar-refractivity contribution in [3.8, 4) is 0 Å². The number of rotatable bonds is 5. The van der Waals surface area contributed by atoms with Gasteiger partial charge in [-0.25, -0.2) is 13.4 Å². The van der Waals surface area contributed by atoms with Crippen LogP contribution in [0, 0.1) is 18.3 Å². The molecule has 0 spiro atoms. The van der Waals surface area contributed by atoms with E-state index in [-0.39, 0.29) is 15.2 Å². The predicted molar refractivity (Wildman–Crippen MR) is 124 cm³/mol. The van der Waals surface area contributed by atoms with E-state index in [1.165, 1.54) is 32.1 Å². The summed E-state index contributed by atoms with van der Waals surface area (Å²) in [5.74, 6) is 1.73. The van der Waals surface area contributed by atoms with Crippen molar-refractivity contribution in [2.75, 3.05) is 0 Å². The number of aromatic nitrogens is 3. The van der Waals surface area contributed by atoms with E-state index < -0.39 is 9.84 Å². The number of nitrogens with zero attached hydrogens (tertiary/aromatic N) is 3. The Morgan fingerprint density at radius 3 is 2.42 bits per heavy atom. The Bertz CT molecular complexity index is 1180. The molecule has 1 aromatic carbocycles. The lowest BCUT2D eigenvalue weighted by Crippen LogP contribution is -2.19. The molecule has 5 nitrogen and oxygen atoms in total. The molecule has 3 aromatic rings. The predicted octanol–water partition coefficient (Wildman–Crippen LogP) is 5.74. The lowest BCUT2D eigenvalue weighted by Gasteiger charge is -2.25. The molecule has 0 amide bonds. The van der Waals surface area contributed by atoms with Crippen LogP contribution in [0.3, 0.4) is 0 Å². The molecule has 0 saturated heterocycles. The average molecular weight is 440 g/mol. The van der Waals surface area contributed by atoms with Crippen molar-refractivity contribution in [1.82, 2.24) is 14.5 Å². The van der Waals surface area contributed by atoms with E-state index in [1.807, 2.05) is 6.07 Å². The molecule has 4 rings (SSSR count). The highest BCUT2D eigenvalue weighted by atomic mass is 32.2. The third kappa shape index (κ3) is 4.84. The van der Waals surface area contributed by atoms with Crippen molar-refractivity contribution in [3.05, 3.63) is 48.0 Å². The first-order valence-electron chi connectivity index (χ1n) is 11.3. The fraction of sp³-hybridized carbons (Fsp3) is 0.520. The molecule has 166 valence electrons. The minimum Gasteiger partial charge on any atom is -0.328 e. The van der Waals surface area contributed by atoms with Crippen molar-refractivity contribution in [2.45, 2.75) is 82.6 Å². The SMILES string of the molecule is Cc1cc(S(=O)(=O)c2ccc3c(c2)nc(CC(C)(C)C)n3CC2CCCCC2)ccn1. The number of benzene rings is 1. The highest BCUT2D eigenvalue weighted by Gasteiger charge is 2.24. The van der Waals surface area contributed by atoms with Crippen LogP contribution in [0.2, 0.25) is 0 Å². The number of fused-ring (bicyclic) bond motifs is 1. The van der Waals surface area contributed by atoms with Gasteiger partial charge in [0.2, 0.25) is 9.84 Å². The van der Waals surface area contributed by atoms with Crippen molar-refractivity contribution in [3.63, 3.8) is 0 Å². The molecule has 2 aromatic heterocycles. The highest BCUT2D eigenvalue weighted by Crippen LogP contribution is 2.31. The van der Waals surface area contributed by atoms with Crippen LogP contribution in [0.4, 0.5) is 0 Å². The normalized spacial score (nSPS) is 16.1. The van der Waals surface area contributed by atoms with Gasteiger partial charge in [-0.2, -0.15) is 0 Å². The standard InChI is InChI=1S/C25H33N3O2S/c1-18-14-21(12-13-26-18)31(29,30)20-10-11-23-22(15-20)27-24(16-25(2,3)4)28(23)17-19-8-6-5-7-9-19/h10-15,19H,5-9,16-17H2,1-4H3. The summed E-state index contributed by atoms with van der Waals surface area (Å²) < 4.78 is 28.8. The first kappa shape index (κ1) is 22.0. The second-order valence-electron chi connectivity index (χ2n) is 10.2. The largest absolute Gasteiger partial charge is 0.328 e. The van der Waals surface area contributed by atoms with Gasteiger partial charge in [0.15, 0.2) is 0 Å². The summed E-state index contributed by atoms with van der Waals surface area (Å²) in [5.41, 5.74) is 2.60. The Balaban J connectivity index is 1.77. The van der Waals surface area contributed by atoms with Gasteiger partial charge in [-0.1, -0.05) is 40.0 Å². The lowest BCUT2D eigenvalue weighted by molar-refractivity contribution is 0.312. The quantitative estimate of drug-likeness (QED) is 0.508. The molecular formula is C25H33N3O2S. The van der Waals surface area contributed by atoms with Crippen molar-refractivity contribution >= 4 is 20.9 Å². The van der Waals surface area contributed by atoms with Crippen LogP contribution < -0.4 is 0 Å². The smallest absolute Gasteiger partial charge is 0.206 e. The molecule has 1 fully saturated rings. The minimum atomic E-state index is -3.61. The fourth-order valence-corrected chi connectivity index (χ4v) is 5.94. The van der Waals surface area contributed by atoms with Gasteiger partial charge in [0.25, 0.3) is 0 Å². The van der Waals surface area contributed by atoms with Gasteiger partial charge >= 0.3 is 0 Å². The zero-order valence-electron chi connectivity index (χ0n) is 19.1. The van der Waals surface area contributed by atoms with Crippen LogP contribution in [0.1, 0.15) is 64.4 Å². The Morgan fingerprint density at radius 1 is 1.03 bits per heavy atom. The lowest BCUT2D eigenvalue weighted by atomic mass is 9.88. The van der Waals surface area contributed by atoms with Gasteiger partial charge in [-0.3, -0.25) is 4.98 Å². The molecule has 0 unspecified atom stereocenters. The molecule has 31 heavy (non-hydrogen) atoms. The average Bonchev–Trinajstić information content (AvgIpc) is 3.03. The van der Waals surface area contributed by atoms with E-state index >= 15 is 0 Å². The molecule has 6 heteroatoms. The summed E-state index contributed by atoms with van der Waals surface area (Å²) in [6, 6.07) is 8.58. The summed E-state index contributed by atoms with van der Waals surface area (Å²) in [5, 5.41) is 0. The molecule has 0 radical (unpaired) electrons. The number of hydrogen-bond acceptors (Lipinski definition) is 4. The van der Waals surface area contributed by atoms with Crippen LogP contribution in [0.15, 0.2) is 46.3 Å². The van der Waals surface area contributed by atoms with Crippen molar-refractivity contribution in [2.24, 2.45) is 11.3 Å². The van der Waals surface area contributed by atoms with Crippen LogP contribution >= 0.6 is 0 Å². The van der Waals surface area contributed by atoms with Crippen molar-refractivity contribution in [1.29, 1.82) is 0 Å². The van der Waals surface area contributed by atoms with Gasteiger partial charge in [0, 0.05) is 24.9 Å². The molecule has 2 heterocycles.